The highest BCUT2D eigenvalue weighted by Crippen LogP contribution is 2.43. The molecule has 0 spiro atoms. The molecule has 5 atom stereocenters. The summed E-state index contributed by atoms with van der Waals surface area (Å²) in [4.78, 5) is 0. The molecule has 0 aromatic heterocycles. The van der Waals surface area contributed by atoms with E-state index in [-0.39, 0.29) is 0 Å². The molecular weight excluding hydrogens is 194 g/mol. The monoisotopic (exact) mass is 223 g/mol. The van der Waals surface area contributed by atoms with Crippen molar-refractivity contribution in [2.24, 2.45) is 29.6 Å². The van der Waals surface area contributed by atoms with Gasteiger partial charge in [-0.25, -0.2) is 0 Å². The lowest BCUT2D eigenvalue weighted by Crippen LogP contribution is -2.42. The van der Waals surface area contributed by atoms with Crippen LogP contribution in [0, 0.1) is 29.6 Å². The topological polar surface area (TPSA) is 12.0 Å². The summed E-state index contributed by atoms with van der Waals surface area (Å²) in [5.41, 5.74) is 0. The van der Waals surface area contributed by atoms with Gasteiger partial charge in [-0.1, -0.05) is 27.2 Å². The summed E-state index contributed by atoms with van der Waals surface area (Å²) in [7, 11) is 2.17. The largest absolute Gasteiger partial charge is 0.316 e. The highest BCUT2D eigenvalue weighted by Gasteiger charge is 2.38. The smallest absolute Gasteiger partial charge is 0.0121 e. The van der Waals surface area contributed by atoms with E-state index in [9.17, 15) is 0 Å². The minimum absolute atomic E-state index is 0.780. The van der Waals surface area contributed by atoms with Crippen molar-refractivity contribution in [3.8, 4) is 0 Å². The van der Waals surface area contributed by atoms with Gasteiger partial charge in [0.1, 0.15) is 0 Å². The molecule has 0 aliphatic heterocycles. The summed E-state index contributed by atoms with van der Waals surface area (Å²) in [6, 6.07) is 0.780. The van der Waals surface area contributed by atoms with Crippen LogP contribution in [0.2, 0.25) is 0 Å². The maximum Gasteiger partial charge on any atom is 0.0121 e. The normalized spacial score (nSPS) is 39.4. The molecule has 2 aliphatic carbocycles. The number of nitrogens with one attached hydrogen (secondary N) is 1. The minimum Gasteiger partial charge on any atom is -0.316 e. The van der Waals surface area contributed by atoms with E-state index >= 15 is 0 Å². The summed E-state index contributed by atoms with van der Waals surface area (Å²) >= 11 is 0. The average Bonchev–Trinajstić information content (AvgIpc) is 3.07. The fraction of sp³-hybridized carbons (Fsp3) is 1.00. The van der Waals surface area contributed by atoms with E-state index in [1.807, 2.05) is 0 Å². The Morgan fingerprint density at radius 2 is 1.56 bits per heavy atom. The van der Waals surface area contributed by atoms with Crippen molar-refractivity contribution in [1.29, 1.82) is 0 Å². The van der Waals surface area contributed by atoms with Crippen LogP contribution >= 0.6 is 0 Å². The molecule has 94 valence electrons. The molecule has 0 heterocycles. The van der Waals surface area contributed by atoms with E-state index in [2.05, 4.69) is 33.1 Å². The van der Waals surface area contributed by atoms with Gasteiger partial charge in [0.25, 0.3) is 0 Å². The lowest BCUT2D eigenvalue weighted by molar-refractivity contribution is 0.143. The van der Waals surface area contributed by atoms with Crippen LogP contribution in [0.3, 0.4) is 0 Å². The van der Waals surface area contributed by atoms with E-state index in [1.54, 1.807) is 0 Å². The molecule has 0 radical (unpaired) electrons. The van der Waals surface area contributed by atoms with Gasteiger partial charge in [0, 0.05) is 6.04 Å². The summed E-state index contributed by atoms with van der Waals surface area (Å²) < 4.78 is 0. The summed E-state index contributed by atoms with van der Waals surface area (Å²) in [5.74, 6) is 4.75. The third-order valence-electron chi connectivity index (χ3n) is 5.41. The molecule has 2 rings (SSSR count). The Balaban J connectivity index is 1.93. The molecule has 2 aliphatic rings. The molecule has 5 unspecified atom stereocenters. The van der Waals surface area contributed by atoms with Crippen LogP contribution in [0.15, 0.2) is 0 Å². The molecule has 16 heavy (non-hydrogen) atoms. The predicted molar refractivity (Wildman–Crippen MR) is 70.4 cm³/mol. The second-order valence-electron chi connectivity index (χ2n) is 6.54. The standard InChI is InChI=1S/C15H29N/c1-10-5-6-14(9-11(10)2)15(16-4)12(3)13-7-8-13/h10-16H,5-9H2,1-4H3. The zero-order valence-corrected chi connectivity index (χ0v) is 11.5. The van der Waals surface area contributed by atoms with Crippen molar-refractivity contribution in [1.82, 2.24) is 5.32 Å². The zero-order valence-electron chi connectivity index (χ0n) is 11.5. The summed E-state index contributed by atoms with van der Waals surface area (Å²) in [6.45, 7) is 7.35. The molecule has 0 bridgehead atoms. The molecule has 0 saturated heterocycles. The molecule has 1 heteroatoms. The highest BCUT2D eigenvalue weighted by atomic mass is 14.9. The van der Waals surface area contributed by atoms with E-state index < -0.39 is 0 Å². The van der Waals surface area contributed by atoms with Crippen LogP contribution in [-0.2, 0) is 0 Å². The van der Waals surface area contributed by atoms with Crippen LogP contribution in [0.5, 0.6) is 0 Å². The van der Waals surface area contributed by atoms with Crippen molar-refractivity contribution < 1.29 is 0 Å². The van der Waals surface area contributed by atoms with Crippen LogP contribution in [-0.4, -0.2) is 13.1 Å². The fourth-order valence-corrected chi connectivity index (χ4v) is 3.76. The van der Waals surface area contributed by atoms with E-state index in [4.69, 9.17) is 0 Å². The number of hydrogen-bond acceptors (Lipinski definition) is 1. The molecule has 0 aromatic rings. The molecule has 2 saturated carbocycles. The van der Waals surface area contributed by atoms with Crippen molar-refractivity contribution in [3.05, 3.63) is 0 Å². The Kier molecular flexibility index (Phi) is 3.94. The van der Waals surface area contributed by atoms with Crippen LogP contribution in [0.4, 0.5) is 0 Å². The Morgan fingerprint density at radius 3 is 2.06 bits per heavy atom. The maximum absolute atomic E-state index is 3.63. The third kappa shape index (κ3) is 2.61. The summed E-state index contributed by atoms with van der Waals surface area (Å²) in [6.07, 6.45) is 7.31. The quantitative estimate of drug-likeness (QED) is 0.766. The van der Waals surface area contributed by atoms with Gasteiger partial charge in [0.2, 0.25) is 0 Å². The van der Waals surface area contributed by atoms with Gasteiger partial charge in [-0.15, -0.1) is 0 Å². The van der Waals surface area contributed by atoms with E-state index in [1.165, 1.54) is 32.1 Å². The molecular formula is C15H29N. The predicted octanol–water partition coefficient (Wildman–Crippen LogP) is 3.69. The van der Waals surface area contributed by atoms with Gasteiger partial charge < -0.3 is 5.32 Å². The molecule has 0 amide bonds. The second-order valence-corrected chi connectivity index (χ2v) is 6.54. The van der Waals surface area contributed by atoms with Gasteiger partial charge in [-0.3, -0.25) is 0 Å². The van der Waals surface area contributed by atoms with Crippen molar-refractivity contribution in [2.75, 3.05) is 7.05 Å². The third-order valence-corrected chi connectivity index (χ3v) is 5.41. The summed E-state index contributed by atoms with van der Waals surface area (Å²) in [5, 5.41) is 3.63. The highest BCUT2D eigenvalue weighted by molar-refractivity contribution is 4.91. The second kappa shape index (κ2) is 5.08. The first kappa shape index (κ1) is 12.4. The first-order chi connectivity index (χ1) is 7.63. The average molecular weight is 223 g/mol. The lowest BCUT2D eigenvalue weighted by atomic mass is 9.70. The number of hydrogen-bond donors (Lipinski definition) is 1. The van der Waals surface area contributed by atoms with E-state index in [0.29, 0.717) is 0 Å². The SMILES string of the molecule is CNC(C1CCC(C)C(C)C1)C(C)C1CC1. The molecule has 0 aromatic carbocycles. The van der Waals surface area contributed by atoms with Crippen LogP contribution in [0.1, 0.15) is 52.9 Å². The number of rotatable bonds is 4. The van der Waals surface area contributed by atoms with Crippen molar-refractivity contribution in [2.45, 2.75) is 58.9 Å². The van der Waals surface area contributed by atoms with Crippen LogP contribution in [0.25, 0.3) is 0 Å². The first-order valence-electron chi connectivity index (χ1n) is 7.30. The minimum atomic E-state index is 0.780. The maximum atomic E-state index is 3.63. The zero-order chi connectivity index (χ0) is 11.7. The Morgan fingerprint density at radius 1 is 0.938 bits per heavy atom. The van der Waals surface area contributed by atoms with Gasteiger partial charge in [0.05, 0.1) is 0 Å². The van der Waals surface area contributed by atoms with Gasteiger partial charge in [-0.05, 0) is 62.3 Å². The Labute approximate surface area is 101 Å². The van der Waals surface area contributed by atoms with Crippen molar-refractivity contribution >= 4 is 0 Å². The van der Waals surface area contributed by atoms with E-state index in [0.717, 1.165) is 35.6 Å². The Bertz CT molecular complexity index is 221. The Hall–Kier alpha value is -0.0400. The molecule has 1 nitrogen and oxygen atoms in total. The van der Waals surface area contributed by atoms with Gasteiger partial charge in [0.15, 0.2) is 0 Å². The molecule has 2 fully saturated rings. The fourth-order valence-electron chi connectivity index (χ4n) is 3.76. The van der Waals surface area contributed by atoms with Crippen molar-refractivity contribution in [3.63, 3.8) is 0 Å². The first-order valence-corrected chi connectivity index (χ1v) is 7.30. The van der Waals surface area contributed by atoms with Gasteiger partial charge in [-0.2, -0.15) is 0 Å². The van der Waals surface area contributed by atoms with Crippen LogP contribution < -0.4 is 5.32 Å². The molecule has 1 N–H and O–H groups in total. The lowest BCUT2D eigenvalue weighted by Gasteiger charge is -2.39. The van der Waals surface area contributed by atoms with Gasteiger partial charge >= 0.3 is 0 Å².